The lowest BCUT2D eigenvalue weighted by Gasteiger charge is -2.07. The van der Waals surface area contributed by atoms with E-state index in [-0.39, 0.29) is 5.82 Å². The van der Waals surface area contributed by atoms with Gasteiger partial charge in [0.05, 0.1) is 5.52 Å². The molecule has 3 N–H and O–H groups in total. The Morgan fingerprint density at radius 1 is 1.00 bits per heavy atom. The fourth-order valence-electron chi connectivity index (χ4n) is 2.63. The highest BCUT2D eigenvalue weighted by Crippen LogP contribution is 2.15. The highest BCUT2D eigenvalue weighted by molar-refractivity contribution is 5.80. The Labute approximate surface area is 135 Å². The monoisotopic (exact) mass is 309 g/mol. The number of rotatable bonds is 6. The molecule has 0 amide bonds. The SMILES string of the molecule is Nc1ccc2ccc(CNCCCc3cccc(F)c3)cc2n1. The van der Waals surface area contributed by atoms with E-state index in [1.54, 1.807) is 12.1 Å². The molecule has 0 saturated carbocycles. The second kappa shape index (κ2) is 7.20. The molecule has 1 heterocycles. The van der Waals surface area contributed by atoms with Gasteiger partial charge in [0.15, 0.2) is 0 Å². The lowest BCUT2D eigenvalue weighted by molar-refractivity contribution is 0.620. The zero-order chi connectivity index (χ0) is 16.1. The molecule has 3 nitrogen and oxygen atoms in total. The van der Waals surface area contributed by atoms with Crippen LogP contribution in [0.4, 0.5) is 10.2 Å². The van der Waals surface area contributed by atoms with Crippen molar-refractivity contribution in [3.63, 3.8) is 0 Å². The molecule has 0 spiro atoms. The Hall–Kier alpha value is -2.46. The van der Waals surface area contributed by atoms with Crippen LogP contribution in [0.3, 0.4) is 0 Å². The highest BCUT2D eigenvalue weighted by atomic mass is 19.1. The van der Waals surface area contributed by atoms with Crippen LogP contribution in [0.15, 0.2) is 54.6 Å². The van der Waals surface area contributed by atoms with E-state index >= 15 is 0 Å². The van der Waals surface area contributed by atoms with Crippen molar-refractivity contribution in [1.82, 2.24) is 10.3 Å². The number of nitrogens with two attached hydrogens (primary N) is 1. The number of nitrogens with zero attached hydrogens (tertiary/aromatic N) is 1. The van der Waals surface area contributed by atoms with Gasteiger partial charge in [0.25, 0.3) is 0 Å². The zero-order valence-electron chi connectivity index (χ0n) is 12.9. The Balaban J connectivity index is 1.49. The van der Waals surface area contributed by atoms with Crippen LogP contribution in [-0.2, 0) is 13.0 Å². The fraction of sp³-hybridized carbons (Fsp3) is 0.211. The molecule has 0 bridgehead atoms. The van der Waals surface area contributed by atoms with Gasteiger partial charge in [0, 0.05) is 11.9 Å². The minimum absolute atomic E-state index is 0.168. The maximum atomic E-state index is 13.1. The first-order valence-corrected chi connectivity index (χ1v) is 7.81. The second-order valence-corrected chi connectivity index (χ2v) is 5.67. The number of anilines is 1. The van der Waals surface area contributed by atoms with Gasteiger partial charge in [-0.3, -0.25) is 0 Å². The maximum absolute atomic E-state index is 13.1. The van der Waals surface area contributed by atoms with Gasteiger partial charge in [-0.2, -0.15) is 0 Å². The predicted molar refractivity (Wildman–Crippen MR) is 92.6 cm³/mol. The van der Waals surface area contributed by atoms with Crippen molar-refractivity contribution >= 4 is 16.7 Å². The molecule has 1 aromatic heterocycles. The topological polar surface area (TPSA) is 50.9 Å². The molecule has 0 fully saturated rings. The molecule has 23 heavy (non-hydrogen) atoms. The van der Waals surface area contributed by atoms with Crippen molar-refractivity contribution in [3.05, 3.63) is 71.5 Å². The van der Waals surface area contributed by atoms with Crippen LogP contribution < -0.4 is 11.1 Å². The molecule has 0 atom stereocenters. The number of benzene rings is 2. The molecule has 0 radical (unpaired) electrons. The molecular formula is C19H20FN3. The summed E-state index contributed by atoms with van der Waals surface area (Å²) >= 11 is 0. The molecule has 2 aromatic carbocycles. The van der Waals surface area contributed by atoms with E-state index in [1.807, 2.05) is 18.2 Å². The normalized spacial score (nSPS) is 11.0. The van der Waals surface area contributed by atoms with Crippen molar-refractivity contribution in [2.45, 2.75) is 19.4 Å². The lowest BCUT2D eigenvalue weighted by Crippen LogP contribution is -2.15. The molecule has 3 rings (SSSR count). The quantitative estimate of drug-likeness (QED) is 0.683. The molecular weight excluding hydrogens is 289 g/mol. The number of hydrogen-bond acceptors (Lipinski definition) is 3. The van der Waals surface area contributed by atoms with E-state index in [0.717, 1.165) is 42.4 Å². The largest absolute Gasteiger partial charge is 0.384 e. The fourth-order valence-corrected chi connectivity index (χ4v) is 2.63. The standard InChI is InChI=1S/C19H20FN3/c20-17-5-1-3-14(11-17)4-2-10-22-13-15-6-7-16-8-9-19(21)23-18(16)12-15/h1,3,5-9,11-12,22H,2,4,10,13H2,(H2,21,23). The number of hydrogen-bond donors (Lipinski definition) is 2. The van der Waals surface area contributed by atoms with Crippen LogP contribution in [0.25, 0.3) is 10.9 Å². The van der Waals surface area contributed by atoms with E-state index in [0.29, 0.717) is 5.82 Å². The Bertz CT molecular complexity index is 801. The van der Waals surface area contributed by atoms with Gasteiger partial charge in [-0.25, -0.2) is 9.37 Å². The van der Waals surface area contributed by atoms with Gasteiger partial charge in [-0.15, -0.1) is 0 Å². The van der Waals surface area contributed by atoms with Crippen molar-refractivity contribution < 1.29 is 4.39 Å². The van der Waals surface area contributed by atoms with Crippen LogP contribution in [-0.4, -0.2) is 11.5 Å². The Kier molecular flexibility index (Phi) is 4.83. The molecule has 0 saturated heterocycles. The lowest BCUT2D eigenvalue weighted by atomic mass is 10.1. The van der Waals surface area contributed by atoms with E-state index in [4.69, 9.17) is 5.73 Å². The van der Waals surface area contributed by atoms with E-state index < -0.39 is 0 Å². The summed E-state index contributed by atoms with van der Waals surface area (Å²) in [5, 5.41) is 4.50. The zero-order valence-corrected chi connectivity index (χ0v) is 12.9. The van der Waals surface area contributed by atoms with Crippen molar-refractivity contribution in [1.29, 1.82) is 0 Å². The average molecular weight is 309 g/mol. The number of aryl methyl sites for hydroxylation is 1. The number of nitrogen functional groups attached to an aromatic ring is 1. The molecule has 3 aromatic rings. The molecule has 4 heteroatoms. The van der Waals surface area contributed by atoms with Crippen molar-refractivity contribution in [3.8, 4) is 0 Å². The Morgan fingerprint density at radius 2 is 1.87 bits per heavy atom. The number of pyridine rings is 1. The first-order valence-electron chi connectivity index (χ1n) is 7.81. The minimum atomic E-state index is -0.168. The van der Waals surface area contributed by atoms with Gasteiger partial charge in [-0.1, -0.05) is 24.3 Å². The van der Waals surface area contributed by atoms with Gasteiger partial charge in [-0.05, 0) is 60.8 Å². The second-order valence-electron chi connectivity index (χ2n) is 5.67. The molecule has 0 aliphatic heterocycles. The van der Waals surface area contributed by atoms with Crippen molar-refractivity contribution in [2.75, 3.05) is 12.3 Å². The van der Waals surface area contributed by atoms with Gasteiger partial charge in [0.1, 0.15) is 11.6 Å². The summed E-state index contributed by atoms with van der Waals surface area (Å²) in [6.07, 6.45) is 1.85. The van der Waals surface area contributed by atoms with Crippen LogP contribution in [0.5, 0.6) is 0 Å². The van der Waals surface area contributed by atoms with Crippen LogP contribution >= 0.6 is 0 Å². The smallest absolute Gasteiger partial charge is 0.124 e. The molecule has 0 unspecified atom stereocenters. The third-order valence-electron chi connectivity index (χ3n) is 3.82. The summed E-state index contributed by atoms with van der Waals surface area (Å²) in [4.78, 5) is 4.34. The summed E-state index contributed by atoms with van der Waals surface area (Å²) in [5.41, 5.74) is 8.87. The summed E-state index contributed by atoms with van der Waals surface area (Å²) in [6.45, 7) is 1.68. The van der Waals surface area contributed by atoms with Crippen LogP contribution in [0.1, 0.15) is 17.5 Å². The first-order chi connectivity index (χ1) is 11.2. The van der Waals surface area contributed by atoms with Crippen molar-refractivity contribution in [2.24, 2.45) is 0 Å². The van der Waals surface area contributed by atoms with Gasteiger partial charge < -0.3 is 11.1 Å². The predicted octanol–water partition coefficient (Wildman–Crippen LogP) is 3.68. The van der Waals surface area contributed by atoms with E-state index in [1.165, 1.54) is 11.6 Å². The number of nitrogens with one attached hydrogen (secondary N) is 1. The summed E-state index contributed by atoms with van der Waals surface area (Å²) in [7, 11) is 0. The van der Waals surface area contributed by atoms with Gasteiger partial charge in [0.2, 0.25) is 0 Å². The minimum Gasteiger partial charge on any atom is -0.384 e. The van der Waals surface area contributed by atoms with Gasteiger partial charge >= 0.3 is 0 Å². The first kappa shape index (κ1) is 15.4. The maximum Gasteiger partial charge on any atom is 0.124 e. The Morgan fingerprint density at radius 3 is 2.74 bits per heavy atom. The number of fused-ring (bicyclic) bond motifs is 1. The average Bonchev–Trinajstić information content (AvgIpc) is 2.54. The highest BCUT2D eigenvalue weighted by Gasteiger charge is 1.99. The molecule has 0 aliphatic rings. The summed E-state index contributed by atoms with van der Waals surface area (Å²) in [5.74, 6) is 0.371. The van der Waals surface area contributed by atoms with Crippen LogP contribution in [0.2, 0.25) is 0 Å². The van der Waals surface area contributed by atoms with E-state index in [2.05, 4.69) is 28.5 Å². The summed E-state index contributed by atoms with van der Waals surface area (Å²) in [6, 6.07) is 16.8. The third-order valence-corrected chi connectivity index (χ3v) is 3.82. The number of aromatic nitrogens is 1. The van der Waals surface area contributed by atoms with Crippen LogP contribution in [0, 0.1) is 5.82 Å². The third kappa shape index (κ3) is 4.27. The number of halogens is 1. The molecule has 0 aliphatic carbocycles. The molecule has 118 valence electrons. The summed E-state index contributed by atoms with van der Waals surface area (Å²) < 4.78 is 13.1. The van der Waals surface area contributed by atoms with E-state index in [9.17, 15) is 4.39 Å².